The van der Waals surface area contributed by atoms with Gasteiger partial charge in [0.2, 0.25) is 0 Å². The summed E-state index contributed by atoms with van der Waals surface area (Å²) in [5.41, 5.74) is 1.84. The normalized spacial score (nSPS) is 12.0. The third-order valence-electron chi connectivity index (χ3n) is 3.10. The van der Waals surface area contributed by atoms with E-state index in [1.807, 2.05) is 6.07 Å². The van der Waals surface area contributed by atoms with E-state index >= 15 is 0 Å². The zero-order valence-electron chi connectivity index (χ0n) is 11.7. The van der Waals surface area contributed by atoms with Gasteiger partial charge in [-0.1, -0.05) is 50.9 Å². The van der Waals surface area contributed by atoms with Crippen LogP contribution in [0.2, 0.25) is 10.0 Å². The highest BCUT2D eigenvalue weighted by atomic mass is 35.5. The second-order valence-electron chi connectivity index (χ2n) is 5.36. The van der Waals surface area contributed by atoms with Gasteiger partial charge in [0.15, 0.2) is 5.58 Å². The molecule has 1 heterocycles. The van der Waals surface area contributed by atoms with Gasteiger partial charge >= 0.3 is 0 Å². The van der Waals surface area contributed by atoms with E-state index in [0.29, 0.717) is 34.1 Å². The fraction of sp³-hybridized carbons (Fsp3) is 0.467. The van der Waals surface area contributed by atoms with Crippen molar-refractivity contribution < 1.29 is 4.42 Å². The topological polar surface area (TPSA) is 25.2 Å². The first-order valence-electron chi connectivity index (χ1n) is 6.54. The molecule has 0 amide bonds. The smallest absolute Gasteiger partial charge is 0.154 e. The fourth-order valence-electron chi connectivity index (χ4n) is 2.24. The van der Waals surface area contributed by atoms with Gasteiger partial charge in [-0.2, -0.15) is 0 Å². The van der Waals surface area contributed by atoms with Gasteiger partial charge in [0.25, 0.3) is 0 Å². The van der Waals surface area contributed by atoms with E-state index in [9.17, 15) is 0 Å². The van der Waals surface area contributed by atoms with Crippen molar-refractivity contribution in [3.63, 3.8) is 0 Å². The Hall–Kier alpha value is -0.700. The number of hydrogen-bond acceptors (Lipinski definition) is 2. The number of benzene rings is 1. The number of furan rings is 1. The lowest BCUT2D eigenvalue weighted by Crippen LogP contribution is -2.22. The molecule has 0 aliphatic carbocycles. The molecule has 2 aromatic rings. The molecule has 0 aliphatic rings. The molecular weight excluding hydrogens is 281 g/mol. The maximum atomic E-state index is 6.32. The summed E-state index contributed by atoms with van der Waals surface area (Å²) in [7, 11) is 0. The average molecular weight is 300 g/mol. The predicted octanol–water partition coefficient (Wildman–Crippen LogP) is 5.36. The summed E-state index contributed by atoms with van der Waals surface area (Å²) in [6.07, 6.45) is 0. The molecular formula is C15H19Cl2NO. The molecule has 19 heavy (non-hydrogen) atoms. The van der Waals surface area contributed by atoms with Crippen LogP contribution in [0.4, 0.5) is 0 Å². The Morgan fingerprint density at radius 2 is 1.74 bits per heavy atom. The number of fused-ring (bicyclic) bond motifs is 1. The Balaban J connectivity index is 2.60. The van der Waals surface area contributed by atoms with Crippen LogP contribution < -0.4 is 5.32 Å². The van der Waals surface area contributed by atoms with Crippen molar-refractivity contribution in [2.45, 2.75) is 46.2 Å². The minimum atomic E-state index is 0.334. The van der Waals surface area contributed by atoms with Gasteiger partial charge < -0.3 is 9.73 Å². The van der Waals surface area contributed by atoms with Gasteiger partial charge in [0.1, 0.15) is 5.76 Å². The molecule has 0 saturated heterocycles. The molecule has 0 atom stereocenters. The Morgan fingerprint density at radius 1 is 1.11 bits per heavy atom. The molecule has 1 aromatic carbocycles. The van der Waals surface area contributed by atoms with Gasteiger partial charge in [0.05, 0.1) is 16.6 Å². The third-order valence-corrected chi connectivity index (χ3v) is 3.71. The highest BCUT2D eigenvalue weighted by Gasteiger charge is 2.21. The SMILES string of the molecule is CC(C)NCc1oc2c(Cl)ccc(Cl)c2c1C(C)C. The zero-order chi connectivity index (χ0) is 14.2. The first-order valence-corrected chi connectivity index (χ1v) is 7.30. The van der Waals surface area contributed by atoms with Crippen LogP contribution in [-0.2, 0) is 6.54 Å². The van der Waals surface area contributed by atoms with Gasteiger partial charge in [-0.3, -0.25) is 0 Å². The molecule has 0 unspecified atom stereocenters. The van der Waals surface area contributed by atoms with Crippen LogP contribution in [-0.4, -0.2) is 6.04 Å². The molecule has 1 N–H and O–H groups in total. The van der Waals surface area contributed by atoms with Crippen molar-refractivity contribution in [1.29, 1.82) is 0 Å². The molecule has 0 spiro atoms. The maximum Gasteiger partial charge on any atom is 0.154 e. The summed E-state index contributed by atoms with van der Waals surface area (Å²) in [5, 5.41) is 5.63. The minimum Gasteiger partial charge on any atom is -0.458 e. The Labute approximate surface area is 124 Å². The largest absolute Gasteiger partial charge is 0.458 e. The van der Waals surface area contributed by atoms with Crippen LogP contribution in [0.25, 0.3) is 11.0 Å². The van der Waals surface area contributed by atoms with E-state index in [1.54, 1.807) is 6.07 Å². The van der Waals surface area contributed by atoms with Gasteiger partial charge in [0, 0.05) is 17.0 Å². The van der Waals surface area contributed by atoms with Crippen LogP contribution >= 0.6 is 23.2 Å². The second kappa shape index (κ2) is 5.74. The first-order chi connectivity index (χ1) is 8.91. The van der Waals surface area contributed by atoms with E-state index in [-0.39, 0.29) is 0 Å². The summed E-state index contributed by atoms with van der Waals surface area (Å²) in [5.74, 6) is 1.26. The van der Waals surface area contributed by atoms with Gasteiger partial charge in [-0.15, -0.1) is 0 Å². The average Bonchev–Trinajstić information content (AvgIpc) is 2.72. The van der Waals surface area contributed by atoms with Crippen LogP contribution in [0.5, 0.6) is 0 Å². The van der Waals surface area contributed by atoms with Crippen molar-refractivity contribution >= 4 is 34.2 Å². The fourth-order valence-corrected chi connectivity index (χ4v) is 2.69. The van der Waals surface area contributed by atoms with Gasteiger partial charge in [-0.05, 0) is 18.1 Å². The molecule has 4 heteroatoms. The summed E-state index contributed by atoms with van der Waals surface area (Å²) in [6, 6.07) is 4.01. The molecule has 0 radical (unpaired) electrons. The summed E-state index contributed by atoms with van der Waals surface area (Å²) < 4.78 is 5.94. The molecule has 0 bridgehead atoms. The Kier molecular flexibility index (Phi) is 4.44. The van der Waals surface area contributed by atoms with Crippen LogP contribution in [0, 0.1) is 0 Å². The quantitative estimate of drug-likeness (QED) is 0.822. The molecule has 0 aliphatic heterocycles. The van der Waals surface area contributed by atoms with Gasteiger partial charge in [-0.25, -0.2) is 0 Å². The van der Waals surface area contributed by atoms with Crippen molar-refractivity contribution in [2.24, 2.45) is 0 Å². The van der Waals surface area contributed by atoms with Crippen molar-refractivity contribution in [2.75, 3.05) is 0 Å². The third kappa shape index (κ3) is 2.91. The van der Waals surface area contributed by atoms with E-state index in [4.69, 9.17) is 27.6 Å². The van der Waals surface area contributed by atoms with E-state index < -0.39 is 0 Å². The number of hydrogen-bond donors (Lipinski definition) is 1. The monoisotopic (exact) mass is 299 g/mol. The lowest BCUT2D eigenvalue weighted by molar-refractivity contribution is 0.480. The maximum absolute atomic E-state index is 6.32. The lowest BCUT2D eigenvalue weighted by atomic mass is 9.99. The molecule has 2 nitrogen and oxygen atoms in total. The second-order valence-corrected chi connectivity index (χ2v) is 6.18. The standard InChI is InChI=1S/C15H19Cl2NO/c1-8(2)13-12(7-18-9(3)4)19-15-11(17)6-5-10(16)14(13)15/h5-6,8-9,18H,7H2,1-4H3. The van der Waals surface area contributed by atoms with Crippen LogP contribution in [0.1, 0.15) is 44.9 Å². The Morgan fingerprint density at radius 3 is 2.32 bits per heavy atom. The molecule has 0 saturated carbocycles. The van der Waals surface area contributed by atoms with E-state index in [1.165, 1.54) is 0 Å². The number of rotatable bonds is 4. The number of nitrogens with one attached hydrogen (secondary N) is 1. The van der Waals surface area contributed by atoms with Crippen LogP contribution in [0.3, 0.4) is 0 Å². The van der Waals surface area contributed by atoms with E-state index in [2.05, 4.69) is 33.0 Å². The summed E-state index contributed by atoms with van der Waals surface area (Å²) >= 11 is 12.5. The molecule has 0 fully saturated rings. The van der Waals surface area contributed by atoms with Crippen molar-refractivity contribution in [3.8, 4) is 0 Å². The highest BCUT2D eigenvalue weighted by molar-refractivity contribution is 6.40. The minimum absolute atomic E-state index is 0.334. The lowest BCUT2D eigenvalue weighted by Gasteiger charge is -2.10. The Bertz CT molecular complexity index is 587. The summed E-state index contributed by atoms with van der Waals surface area (Å²) in [6.45, 7) is 9.18. The number of halogens is 2. The van der Waals surface area contributed by atoms with Crippen LogP contribution in [0.15, 0.2) is 16.5 Å². The molecule has 2 rings (SSSR count). The molecule has 104 valence electrons. The highest BCUT2D eigenvalue weighted by Crippen LogP contribution is 2.39. The summed E-state index contributed by atoms with van der Waals surface area (Å²) in [4.78, 5) is 0. The van der Waals surface area contributed by atoms with E-state index in [0.717, 1.165) is 16.7 Å². The van der Waals surface area contributed by atoms with Crippen molar-refractivity contribution in [1.82, 2.24) is 5.32 Å². The predicted molar refractivity (Wildman–Crippen MR) is 82.3 cm³/mol. The first kappa shape index (κ1) is 14.7. The molecule has 1 aromatic heterocycles. The van der Waals surface area contributed by atoms with Crippen molar-refractivity contribution in [3.05, 3.63) is 33.5 Å². The zero-order valence-corrected chi connectivity index (χ0v) is 13.2.